The lowest BCUT2D eigenvalue weighted by molar-refractivity contribution is -0.134. The molecule has 0 unspecified atom stereocenters. The van der Waals surface area contributed by atoms with Gasteiger partial charge in [-0.1, -0.05) is 18.2 Å². The monoisotopic (exact) mass is 357 g/mol. The van der Waals surface area contributed by atoms with Gasteiger partial charge in [0.25, 0.3) is 5.91 Å². The van der Waals surface area contributed by atoms with Gasteiger partial charge in [-0.2, -0.15) is 0 Å². The topological polar surface area (TPSA) is 85.3 Å². The van der Waals surface area contributed by atoms with Crippen LogP contribution in [0.5, 0.6) is 17.2 Å². The smallest absolute Gasteiger partial charge is 0.342 e. The lowest BCUT2D eigenvalue weighted by Gasteiger charge is -2.21. The highest BCUT2D eigenvalue weighted by atomic mass is 16.7. The van der Waals surface area contributed by atoms with Crippen molar-refractivity contribution in [3.05, 3.63) is 53.6 Å². The van der Waals surface area contributed by atoms with Gasteiger partial charge in [0.05, 0.1) is 0 Å². The summed E-state index contributed by atoms with van der Waals surface area (Å²) >= 11 is 0. The predicted octanol–water partition coefficient (Wildman–Crippen LogP) is 2.33. The number of fused-ring (bicyclic) bond motifs is 1. The zero-order chi connectivity index (χ0) is 18.5. The van der Waals surface area contributed by atoms with Gasteiger partial charge >= 0.3 is 5.97 Å². The molecule has 0 aliphatic carbocycles. The van der Waals surface area contributed by atoms with Gasteiger partial charge in [0.1, 0.15) is 11.3 Å². The van der Waals surface area contributed by atoms with Gasteiger partial charge in [-0.25, -0.2) is 4.79 Å². The number of carbonyl (C=O) groups is 2. The quantitative estimate of drug-likeness (QED) is 0.799. The number of esters is 1. The first-order valence-electron chi connectivity index (χ1n) is 8.20. The van der Waals surface area contributed by atoms with Crippen LogP contribution in [0.3, 0.4) is 0 Å². The highest BCUT2D eigenvalue weighted by Gasteiger charge is 2.19. The summed E-state index contributed by atoms with van der Waals surface area (Å²) in [5.41, 5.74) is 0.913. The van der Waals surface area contributed by atoms with Gasteiger partial charge in [-0.05, 0) is 36.8 Å². The number of aromatic hydroxyl groups is 1. The summed E-state index contributed by atoms with van der Waals surface area (Å²) in [4.78, 5) is 25.9. The first-order valence-corrected chi connectivity index (χ1v) is 8.20. The van der Waals surface area contributed by atoms with E-state index >= 15 is 0 Å². The van der Waals surface area contributed by atoms with E-state index in [0.29, 0.717) is 24.6 Å². The van der Waals surface area contributed by atoms with Crippen LogP contribution in [0.25, 0.3) is 0 Å². The summed E-state index contributed by atoms with van der Waals surface area (Å²) in [5.74, 6) is 0.0823. The highest BCUT2D eigenvalue weighted by molar-refractivity contribution is 5.93. The van der Waals surface area contributed by atoms with Crippen LogP contribution < -0.4 is 9.47 Å². The third-order valence-electron chi connectivity index (χ3n) is 4.00. The first kappa shape index (κ1) is 17.6. The molecule has 1 aliphatic rings. The number of carbonyl (C=O) groups excluding carboxylic acids is 2. The van der Waals surface area contributed by atoms with Crippen LogP contribution in [0.1, 0.15) is 22.8 Å². The van der Waals surface area contributed by atoms with Crippen LogP contribution in [-0.4, -0.2) is 41.8 Å². The van der Waals surface area contributed by atoms with E-state index in [1.54, 1.807) is 23.1 Å². The molecule has 7 heteroatoms. The lowest BCUT2D eigenvalue weighted by Crippen LogP contribution is -2.34. The Balaban J connectivity index is 1.59. The Bertz CT molecular complexity index is 819. The van der Waals surface area contributed by atoms with Crippen LogP contribution in [-0.2, 0) is 16.1 Å². The number of para-hydroxylation sites is 1. The van der Waals surface area contributed by atoms with Crippen molar-refractivity contribution in [3.63, 3.8) is 0 Å². The van der Waals surface area contributed by atoms with Crippen LogP contribution in [0.4, 0.5) is 0 Å². The fourth-order valence-corrected chi connectivity index (χ4v) is 2.58. The standard InChI is InChI=1S/C19H19NO6/c1-2-20(10-13-7-8-16-17(9-13)26-12-25-16)18(22)11-24-19(23)14-5-3-4-6-15(14)21/h3-9,21H,2,10-12H2,1H3. The Morgan fingerprint density at radius 3 is 2.69 bits per heavy atom. The summed E-state index contributed by atoms with van der Waals surface area (Å²) in [7, 11) is 0. The van der Waals surface area contributed by atoms with E-state index in [9.17, 15) is 14.7 Å². The second kappa shape index (κ2) is 7.77. The van der Waals surface area contributed by atoms with E-state index in [0.717, 1.165) is 5.56 Å². The van der Waals surface area contributed by atoms with E-state index in [2.05, 4.69) is 0 Å². The SMILES string of the molecule is CCN(Cc1ccc2c(c1)OCO2)C(=O)COC(=O)c1ccccc1O. The molecule has 0 radical (unpaired) electrons. The molecule has 2 aromatic carbocycles. The summed E-state index contributed by atoms with van der Waals surface area (Å²) in [6.45, 7) is 2.46. The maximum absolute atomic E-state index is 12.4. The summed E-state index contributed by atoms with van der Waals surface area (Å²) in [6.07, 6.45) is 0. The van der Waals surface area contributed by atoms with Crippen molar-refractivity contribution in [1.29, 1.82) is 0 Å². The van der Waals surface area contributed by atoms with E-state index in [-0.39, 0.29) is 24.0 Å². The number of hydrogen-bond donors (Lipinski definition) is 1. The van der Waals surface area contributed by atoms with Crippen LogP contribution in [0.15, 0.2) is 42.5 Å². The first-order chi connectivity index (χ1) is 12.6. The maximum atomic E-state index is 12.4. The number of nitrogens with zero attached hydrogens (tertiary/aromatic N) is 1. The third-order valence-corrected chi connectivity index (χ3v) is 4.00. The van der Waals surface area contributed by atoms with Gasteiger partial charge in [-0.15, -0.1) is 0 Å². The molecular formula is C19H19NO6. The number of likely N-dealkylation sites (N-methyl/N-ethyl adjacent to an activating group) is 1. The second-order valence-corrected chi connectivity index (χ2v) is 5.69. The minimum absolute atomic E-state index is 0.0270. The molecule has 0 atom stereocenters. The molecular weight excluding hydrogens is 338 g/mol. The summed E-state index contributed by atoms with van der Waals surface area (Å²) in [5, 5.41) is 9.65. The number of phenolic OH excluding ortho intramolecular Hbond substituents is 1. The molecule has 7 nitrogen and oxygen atoms in total. The second-order valence-electron chi connectivity index (χ2n) is 5.69. The molecule has 136 valence electrons. The molecule has 0 fully saturated rings. The van der Waals surface area contributed by atoms with Gasteiger partial charge in [-0.3, -0.25) is 4.79 Å². The van der Waals surface area contributed by atoms with Crippen LogP contribution in [0.2, 0.25) is 0 Å². The minimum Gasteiger partial charge on any atom is -0.507 e. The Morgan fingerprint density at radius 1 is 1.15 bits per heavy atom. The van der Waals surface area contributed by atoms with Crippen molar-refractivity contribution < 1.29 is 28.9 Å². The maximum Gasteiger partial charge on any atom is 0.342 e. The van der Waals surface area contributed by atoms with Crippen molar-refractivity contribution in [3.8, 4) is 17.2 Å². The van der Waals surface area contributed by atoms with Gasteiger partial charge in [0.2, 0.25) is 6.79 Å². The molecule has 0 saturated carbocycles. The van der Waals surface area contributed by atoms with E-state index in [1.165, 1.54) is 12.1 Å². The average molecular weight is 357 g/mol. The third kappa shape index (κ3) is 3.88. The number of amides is 1. The van der Waals surface area contributed by atoms with Gasteiger partial charge in [0.15, 0.2) is 18.1 Å². The molecule has 0 bridgehead atoms. The Labute approximate surface area is 150 Å². The molecule has 2 aromatic rings. The molecule has 1 heterocycles. The van der Waals surface area contributed by atoms with Crippen molar-refractivity contribution in [2.45, 2.75) is 13.5 Å². The zero-order valence-electron chi connectivity index (χ0n) is 14.3. The lowest BCUT2D eigenvalue weighted by atomic mass is 10.2. The largest absolute Gasteiger partial charge is 0.507 e. The van der Waals surface area contributed by atoms with Crippen molar-refractivity contribution in [1.82, 2.24) is 4.90 Å². The molecule has 0 saturated heterocycles. The van der Waals surface area contributed by atoms with E-state index < -0.39 is 12.6 Å². The molecule has 1 amide bonds. The predicted molar refractivity (Wildman–Crippen MR) is 92.0 cm³/mol. The Kier molecular flexibility index (Phi) is 5.26. The van der Waals surface area contributed by atoms with E-state index in [4.69, 9.17) is 14.2 Å². The highest BCUT2D eigenvalue weighted by Crippen LogP contribution is 2.32. The van der Waals surface area contributed by atoms with Crippen LogP contribution >= 0.6 is 0 Å². The number of hydrogen-bond acceptors (Lipinski definition) is 6. The minimum atomic E-state index is -0.740. The Morgan fingerprint density at radius 2 is 1.92 bits per heavy atom. The van der Waals surface area contributed by atoms with Crippen molar-refractivity contribution >= 4 is 11.9 Å². The fraction of sp³-hybridized carbons (Fsp3) is 0.263. The molecule has 26 heavy (non-hydrogen) atoms. The number of ether oxygens (including phenoxy) is 3. The molecule has 1 N–H and O–H groups in total. The van der Waals surface area contributed by atoms with Gasteiger partial charge < -0.3 is 24.2 Å². The molecule has 3 rings (SSSR count). The van der Waals surface area contributed by atoms with Crippen LogP contribution in [0, 0.1) is 0 Å². The fourth-order valence-electron chi connectivity index (χ4n) is 2.58. The normalized spacial score (nSPS) is 11.9. The molecule has 1 aliphatic heterocycles. The summed E-state index contributed by atoms with van der Waals surface area (Å²) < 4.78 is 15.6. The van der Waals surface area contributed by atoms with E-state index in [1.807, 2.05) is 19.1 Å². The number of rotatable bonds is 6. The molecule has 0 spiro atoms. The Hall–Kier alpha value is -3.22. The zero-order valence-corrected chi connectivity index (χ0v) is 14.3. The number of benzene rings is 2. The number of phenols is 1. The summed E-state index contributed by atoms with van der Waals surface area (Å²) in [6, 6.07) is 11.5. The van der Waals surface area contributed by atoms with Crippen molar-refractivity contribution in [2.24, 2.45) is 0 Å². The molecule has 0 aromatic heterocycles. The average Bonchev–Trinajstić information content (AvgIpc) is 3.12. The van der Waals surface area contributed by atoms with Gasteiger partial charge in [0, 0.05) is 13.1 Å². The van der Waals surface area contributed by atoms with Crippen molar-refractivity contribution in [2.75, 3.05) is 19.9 Å².